The summed E-state index contributed by atoms with van der Waals surface area (Å²) in [5.74, 6) is 1.50. The Kier molecular flexibility index (Phi) is 5.69. The third kappa shape index (κ3) is 4.49. The topological polar surface area (TPSA) is 49.8 Å². The SMILES string of the molecule is CC1CN(C(=O)CSCc2cccs2)CC(CO)O1. The van der Waals surface area contributed by atoms with Crippen LogP contribution in [0.2, 0.25) is 0 Å². The molecule has 1 saturated heterocycles. The van der Waals surface area contributed by atoms with Gasteiger partial charge in [-0.1, -0.05) is 6.07 Å². The number of hydrogen-bond acceptors (Lipinski definition) is 5. The van der Waals surface area contributed by atoms with Gasteiger partial charge in [0.25, 0.3) is 0 Å². The predicted molar refractivity (Wildman–Crippen MR) is 78.5 cm³/mol. The molecule has 2 atom stereocenters. The van der Waals surface area contributed by atoms with Crippen LogP contribution in [0.4, 0.5) is 0 Å². The second kappa shape index (κ2) is 7.28. The molecule has 0 spiro atoms. The number of morpholine rings is 1. The molecule has 2 rings (SSSR count). The molecule has 4 nitrogen and oxygen atoms in total. The molecule has 2 unspecified atom stereocenters. The summed E-state index contributed by atoms with van der Waals surface area (Å²) in [6, 6.07) is 4.11. The van der Waals surface area contributed by atoms with Gasteiger partial charge in [0.2, 0.25) is 5.91 Å². The fraction of sp³-hybridized carbons (Fsp3) is 0.615. The molecule has 1 aliphatic heterocycles. The van der Waals surface area contributed by atoms with E-state index in [1.807, 2.05) is 18.4 Å². The highest BCUT2D eigenvalue weighted by Gasteiger charge is 2.27. The van der Waals surface area contributed by atoms with E-state index >= 15 is 0 Å². The Morgan fingerprint density at radius 2 is 2.47 bits per heavy atom. The molecule has 0 aromatic carbocycles. The van der Waals surface area contributed by atoms with Crippen molar-refractivity contribution in [3.63, 3.8) is 0 Å². The number of nitrogens with zero attached hydrogens (tertiary/aromatic N) is 1. The number of thioether (sulfide) groups is 1. The first kappa shape index (κ1) is 14.8. The van der Waals surface area contributed by atoms with E-state index in [1.54, 1.807) is 28.0 Å². The number of carbonyl (C=O) groups excluding carboxylic acids is 1. The first-order valence-electron chi connectivity index (χ1n) is 6.33. The summed E-state index contributed by atoms with van der Waals surface area (Å²) in [6.45, 7) is 3.02. The maximum atomic E-state index is 12.1. The Hall–Kier alpha value is -0.560. The second-order valence-electron chi connectivity index (χ2n) is 4.62. The lowest BCUT2D eigenvalue weighted by Crippen LogP contribution is -2.50. The van der Waals surface area contributed by atoms with Gasteiger partial charge in [-0.15, -0.1) is 23.1 Å². The monoisotopic (exact) mass is 301 g/mol. The van der Waals surface area contributed by atoms with Crippen LogP contribution in [0, 0.1) is 0 Å². The average molecular weight is 301 g/mol. The summed E-state index contributed by atoms with van der Waals surface area (Å²) in [6.07, 6.45) is -0.243. The van der Waals surface area contributed by atoms with Crippen molar-refractivity contribution in [2.24, 2.45) is 0 Å². The van der Waals surface area contributed by atoms with E-state index in [2.05, 4.69) is 6.07 Å². The minimum absolute atomic E-state index is 0.00264. The van der Waals surface area contributed by atoms with Gasteiger partial charge in [0.15, 0.2) is 0 Å². The number of aliphatic hydroxyl groups is 1. The van der Waals surface area contributed by atoms with Crippen LogP contribution < -0.4 is 0 Å². The third-order valence-electron chi connectivity index (χ3n) is 2.93. The van der Waals surface area contributed by atoms with Crippen molar-refractivity contribution in [1.82, 2.24) is 4.90 Å². The van der Waals surface area contributed by atoms with Crippen LogP contribution in [0.15, 0.2) is 17.5 Å². The largest absolute Gasteiger partial charge is 0.394 e. The maximum absolute atomic E-state index is 12.1. The van der Waals surface area contributed by atoms with Crippen molar-refractivity contribution >= 4 is 29.0 Å². The van der Waals surface area contributed by atoms with Gasteiger partial charge in [-0.25, -0.2) is 0 Å². The number of ether oxygens (including phenoxy) is 1. The molecular formula is C13H19NO3S2. The molecule has 0 saturated carbocycles. The molecule has 1 aromatic heterocycles. The summed E-state index contributed by atoms with van der Waals surface area (Å²) < 4.78 is 5.53. The number of hydrogen-bond donors (Lipinski definition) is 1. The summed E-state index contributed by atoms with van der Waals surface area (Å²) in [7, 11) is 0. The Balaban J connectivity index is 1.75. The van der Waals surface area contributed by atoms with E-state index in [1.165, 1.54) is 4.88 Å². The third-order valence-corrected chi connectivity index (χ3v) is 4.96. The summed E-state index contributed by atoms with van der Waals surface area (Å²) in [5, 5.41) is 11.2. The van der Waals surface area contributed by atoms with Gasteiger partial charge in [-0.05, 0) is 18.4 Å². The first-order valence-corrected chi connectivity index (χ1v) is 8.36. The zero-order valence-electron chi connectivity index (χ0n) is 10.9. The van der Waals surface area contributed by atoms with E-state index in [0.29, 0.717) is 18.8 Å². The Morgan fingerprint density at radius 1 is 1.63 bits per heavy atom. The van der Waals surface area contributed by atoms with E-state index in [0.717, 1.165) is 5.75 Å². The molecule has 1 N–H and O–H groups in total. The van der Waals surface area contributed by atoms with E-state index in [-0.39, 0.29) is 24.7 Å². The molecule has 0 radical (unpaired) electrons. The van der Waals surface area contributed by atoms with E-state index in [9.17, 15) is 4.79 Å². The lowest BCUT2D eigenvalue weighted by atomic mass is 10.2. The van der Waals surface area contributed by atoms with Crippen LogP contribution in [-0.2, 0) is 15.3 Å². The zero-order valence-corrected chi connectivity index (χ0v) is 12.6. The van der Waals surface area contributed by atoms with Crippen molar-refractivity contribution in [3.05, 3.63) is 22.4 Å². The summed E-state index contributed by atoms with van der Waals surface area (Å²) >= 11 is 3.35. The van der Waals surface area contributed by atoms with Crippen LogP contribution in [0.1, 0.15) is 11.8 Å². The lowest BCUT2D eigenvalue weighted by molar-refractivity contribution is -0.144. The van der Waals surface area contributed by atoms with Gasteiger partial charge in [0.05, 0.1) is 24.6 Å². The smallest absolute Gasteiger partial charge is 0.232 e. The number of carbonyl (C=O) groups is 1. The van der Waals surface area contributed by atoms with Crippen LogP contribution in [0.5, 0.6) is 0 Å². The quantitative estimate of drug-likeness (QED) is 0.897. The summed E-state index contributed by atoms with van der Waals surface area (Å²) in [5.41, 5.74) is 0. The highest BCUT2D eigenvalue weighted by molar-refractivity contribution is 7.99. The molecule has 1 aliphatic rings. The van der Waals surface area contributed by atoms with Gasteiger partial charge in [0, 0.05) is 23.7 Å². The van der Waals surface area contributed by atoms with Crippen LogP contribution in [0.3, 0.4) is 0 Å². The van der Waals surface area contributed by atoms with Crippen molar-refractivity contribution < 1.29 is 14.6 Å². The number of rotatable bonds is 5. The van der Waals surface area contributed by atoms with Gasteiger partial charge in [0.1, 0.15) is 0 Å². The molecule has 19 heavy (non-hydrogen) atoms. The van der Waals surface area contributed by atoms with Crippen molar-refractivity contribution in [2.75, 3.05) is 25.4 Å². The lowest BCUT2D eigenvalue weighted by Gasteiger charge is -2.36. The Bertz CT molecular complexity index is 397. The van der Waals surface area contributed by atoms with E-state index in [4.69, 9.17) is 9.84 Å². The maximum Gasteiger partial charge on any atom is 0.232 e. The van der Waals surface area contributed by atoms with Crippen LogP contribution >= 0.6 is 23.1 Å². The van der Waals surface area contributed by atoms with Crippen molar-refractivity contribution in [2.45, 2.75) is 24.9 Å². The minimum Gasteiger partial charge on any atom is -0.394 e. The fourth-order valence-electron chi connectivity index (χ4n) is 2.07. The molecule has 106 valence electrons. The van der Waals surface area contributed by atoms with Crippen molar-refractivity contribution in [3.8, 4) is 0 Å². The highest BCUT2D eigenvalue weighted by Crippen LogP contribution is 2.18. The van der Waals surface area contributed by atoms with E-state index < -0.39 is 0 Å². The molecule has 0 aliphatic carbocycles. The summed E-state index contributed by atoms with van der Waals surface area (Å²) in [4.78, 5) is 15.2. The fourth-order valence-corrected chi connectivity index (χ4v) is 3.84. The normalized spacial score (nSPS) is 23.6. The van der Waals surface area contributed by atoms with Crippen LogP contribution in [0.25, 0.3) is 0 Å². The van der Waals surface area contributed by atoms with Crippen LogP contribution in [-0.4, -0.2) is 53.6 Å². The number of thiophene rings is 1. The van der Waals surface area contributed by atoms with Gasteiger partial charge in [-0.2, -0.15) is 0 Å². The highest BCUT2D eigenvalue weighted by atomic mass is 32.2. The van der Waals surface area contributed by atoms with Gasteiger partial charge >= 0.3 is 0 Å². The average Bonchev–Trinajstić information content (AvgIpc) is 2.91. The molecule has 1 aromatic rings. The molecule has 2 heterocycles. The Morgan fingerprint density at radius 3 is 3.16 bits per heavy atom. The molecule has 1 amide bonds. The number of amides is 1. The predicted octanol–water partition coefficient (Wildman–Crippen LogP) is 1.59. The Labute approximate surface area is 121 Å². The molecule has 1 fully saturated rings. The zero-order chi connectivity index (χ0) is 13.7. The molecular weight excluding hydrogens is 282 g/mol. The molecule has 6 heteroatoms. The standard InChI is InChI=1S/C13H19NO3S2/c1-10-5-14(6-11(7-15)17-10)13(16)9-18-8-12-3-2-4-19-12/h2-4,10-11,15H,5-9H2,1H3. The second-order valence-corrected chi connectivity index (χ2v) is 6.64. The minimum atomic E-state index is -0.241. The van der Waals surface area contributed by atoms with Gasteiger partial charge < -0.3 is 14.7 Å². The van der Waals surface area contributed by atoms with Crippen molar-refractivity contribution in [1.29, 1.82) is 0 Å². The number of aliphatic hydroxyl groups excluding tert-OH is 1. The van der Waals surface area contributed by atoms with Gasteiger partial charge in [-0.3, -0.25) is 4.79 Å². The molecule has 0 bridgehead atoms. The first-order chi connectivity index (χ1) is 9.19.